The molecule has 1 saturated heterocycles. The number of rotatable bonds is 9. The maximum atomic E-state index is 12.3. The minimum atomic E-state index is -1.77. The average molecular weight is 460 g/mol. The van der Waals surface area contributed by atoms with Crippen LogP contribution in [0.2, 0.25) is 0 Å². The summed E-state index contributed by atoms with van der Waals surface area (Å²) in [6.07, 6.45) is -0.560. The van der Waals surface area contributed by atoms with Crippen molar-refractivity contribution >= 4 is 12.3 Å². The lowest BCUT2D eigenvalue weighted by molar-refractivity contribution is -0.197. The first kappa shape index (κ1) is 23.8. The topological polar surface area (TPSA) is 76.1 Å². The van der Waals surface area contributed by atoms with Gasteiger partial charge in [0, 0.05) is 26.6 Å². The maximum Gasteiger partial charge on any atom is 0.339 e. The van der Waals surface area contributed by atoms with Crippen LogP contribution in [0.4, 0.5) is 0 Å². The number of aliphatic carboxylic acids is 1. The van der Waals surface area contributed by atoms with Gasteiger partial charge in [-0.15, -0.1) is 0 Å². The van der Waals surface area contributed by atoms with Crippen molar-refractivity contribution in [2.45, 2.75) is 23.7 Å². The van der Waals surface area contributed by atoms with Gasteiger partial charge < -0.3 is 19.4 Å². The Labute approximate surface area is 199 Å². The number of carboxylic acids is 1. The number of carbonyl (C=O) groups excluding carboxylic acids is 1. The lowest BCUT2D eigenvalue weighted by Gasteiger charge is -2.50. The van der Waals surface area contributed by atoms with Crippen molar-refractivity contribution in [2.75, 3.05) is 26.8 Å². The molecule has 1 aliphatic rings. The molecular formula is C28H29NO5. The summed E-state index contributed by atoms with van der Waals surface area (Å²) in [5, 5.41) is 10.1. The van der Waals surface area contributed by atoms with Gasteiger partial charge in [-0.1, -0.05) is 91.0 Å². The van der Waals surface area contributed by atoms with Crippen molar-refractivity contribution < 1.29 is 24.2 Å². The summed E-state index contributed by atoms with van der Waals surface area (Å²) >= 11 is 0. The van der Waals surface area contributed by atoms with Crippen molar-refractivity contribution in [1.29, 1.82) is 0 Å². The molecule has 1 N–H and O–H groups in total. The monoisotopic (exact) mass is 459 g/mol. The first-order valence-corrected chi connectivity index (χ1v) is 11.3. The summed E-state index contributed by atoms with van der Waals surface area (Å²) in [6, 6.07) is 30.6. The van der Waals surface area contributed by atoms with E-state index in [1.807, 2.05) is 54.6 Å². The molecule has 176 valence electrons. The molecule has 4 rings (SSSR count). The summed E-state index contributed by atoms with van der Waals surface area (Å²) in [4.78, 5) is 26.0. The van der Waals surface area contributed by atoms with Crippen LogP contribution in [0.3, 0.4) is 0 Å². The standard InChI is InChI=1S/C28H29NO5/c1-33-27(17-19-30,26(31)32)25-21-29(18-20-34-25)28(22-11-5-2-6-12-22,23-13-7-3-8-14-23)24-15-9-4-10-16-24/h2-16,19,25H,17-18,20-21H2,1H3,(H,31,32). The number of nitrogens with zero attached hydrogens (tertiary/aromatic N) is 1. The molecule has 6 nitrogen and oxygen atoms in total. The minimum absolute atomic E-state index is 0.257. The van der Waals surface area contributed by atoms with E-state index >= 15 is 0 Å². The number of methoxy groups -OCH3 is 1. The molecule has 0 aromatic heterocycles. The van der Waals surface area contributed by atoms with Gasteiger partial charge in [0.25, 0.3) is 0 Å². The van der Waals surface area contributed by atoms with Gasteiger partial charge in [0.1, 0.15) is 12.4 Å². The fourth-order valence-electron chi connectivity index (χ4n) is 5.10. The highest BCUT2D eigenvalue weighted by Crippen LogP contribution is 2.44. The third-order valence-corrected chi connectivity index (χ3v) is 6.75. The van der Waals surface area contributed by atoms with E-state index in [1.165, 1.54) is 7.11 Å². The summed E-state index contributed by atoms with van der Waals surface area (Å²) in [7, 11) is 1.32. The van der Waals surface area contributed by atoms with E-state index in [1.54, 1.807) is 0 Å². The summed E-state index contributed by atoms with van der Waals surface area (Å²) in [5.41, 5.74) is 0.701. The van der Waals surface area contributed by atoms with Gasteiger partial charge in [0.15, 0.2) is 5.60 Å². The van der Waals surface area contributed by atoms with Crippen molar-refractivity contribution in [3.63, 3.8) is 0 Å². The normalized spacial score (nSPS) is 18.7. The third kappa shape index (κ3) is 4.05. The summed E-state index contributed by atoms with van der Waals surface area (Å²) < 4.78 is 11.4. The number of benzene rings is 3. The van der Waals surface area contributed by atoms with E-state index in [2.05, 4.69) is 41.3 Å². The number of carboxylic acid groups (broad SMARTS) is 1. The third-order valence-electron chi connectivity index (χ3n) is 6.75. The van der Waals surface area contributed by atoms with E-state index < -0.39 is 23.2 Å². The second-order valence-electron chi connectivity index (χ2n) is 8.38. The van der Waals surface area contributed by atoms with Crippen molar-refractivity contribution in [1.82, 2.24) is 4.90 Å². The van der Waals surface area contributed by atoms with Crippen molar-refractivity contribution in [3.05, 3.63) is 108 Å². The molecule has 2 unspecified atom stereocenters. The van der Waals surface area contributed by atoms with Crippen LogP contribution in [0, 0.1) is 0 Å². The second kappa shape index (κ2) is 10.3. The fourth-order valence-corrected chi connectivity index (χ4v) is 5.10. The van der Waals surface area contributed by atoms with E-state index in [0.717, 1.165) is 16.7 Å². The van der Waals surface area contributed by atoms with Gasteiger partial charge in [0.2, 0.25) is 0 Å². The predicted octanol–water partition coefficient (Wildman–Crippen LogP) is 3.74. The number of aldehydes is 1. The molecule has 3 aromatic carbocycles. The Balaban J connectivity index is 1.92. The van der Waals surface area contributed by atoms with Crippen LogP contribution in [-0.4, -0.2) is 60.8 Å². The molecule has 0 bridgehead atoms. The Morgan fingerprint density at radius 2 is 1.44 bits per heavy atom. The number of carbonyl (C=O) groups is 2. The summed E-state index contributed by atoms with van der Waals surface area (Å²) in [5.74, 6) is -1.21. The Morgan fingerprint density at radius 1 is 0.971 bits per heavy atom. The minimum Gasteiger partial charge on any atom is -0.479 e. The van der Waals surface area contributed by atoms with E-state index in [9.17, 15) is 14.7 Å². The zero-order chi connectivity index (χ0) is 24.0. The van der Waals surface area contributed by atoms with Crippen LogP contribution >= 0.6 is 0 Å². The summed E-state index contributed by atoms with van der Waals surface area (Å²) in [6.45, 7) is 1.12. The van der Waals surface area contributed by atoms with Crippen LogP contribution < -0.4 is 0 Å². The van der Waals surface area contributed by atoms with Gasteiger partial charge in [-0.25, -0.2) is 4.79 Å². The van der Waals surface area contributed by atoms with Gasteiger partial charge in [-0.05, 0) is 16.7 Å². The number of morpholine rings is 1. The van der Waals surface area contributed by atoms with E-state index in [-0.39, 0.29) is 13.0 Å². The molecule has 3 aromatic rings. The van der Waals surface area contributed by atoms with Crippen LogP contribution in [0.25, 0.3) is 0 Å². The highest BCUT2D eigenvalue weighted by atomic mass is 16.6. The molecule has 0 radical (unpaired) electrons. The predicted molar refractivity (Wildman–Crippen MR) is 129 cm³/mol. The molecule has 0 aliphatic carbocycles. The molecule has 0 spiro atoms. The van der Waals surface area contributed by atoms with E-state index in [4.69, 9.17) is 9.47 Å². The van der Waals surface area contributed by atoms with Crippen LogP contribution in [0.5, 0.6) is 0 Å². The van der Waals surface area contributed by atoms with Crippen LogP contribution in [0.1, 0.15) is 23.1 Å². The highest BCUT2D eigenvalue weighted by molar-refractivity contribution is 5.82. The first-order chi connectivity index (χ1) is 16.6. The fraction of sp³-hybridized carbons (Fsp3) is 0.286. The molecule has 6 heteroatoms. The molecule has 34 heavy (non-hydrogen) atoms. The maximum absolute atomic E-state index is 12.3. The largest absolute Gasteiger partial charge is 0.479 e. The Kier molecular flexibility index (Phi) is 7.22. The molecule has 0 amide bonds. The lowest BCUT2D eigenvalue weighted by atomic mass is 9.74. The zero-order valence-electron chi connectivity index (χ0n) is 19.2. The SMILES string of the molecule is COC(CC=O)(C(=O)O)C1CN(C(c2ccccc2)(c2ccccc2)c2ccccc2)CCO1. The van der Waals surface area contributed by atoms with Crippen LogP contribution in [-0.2, 0) is 24.6 Å². The first-order valence-electron chi connectivity index (χ1n) is 11.3. The molecular weight excluding hydrogens is 430 g/mol. The van der Waals surface area contributed by atoms with Gasteiger partial charge in [0.05, 0.1) is 12.1 Å². The molecule has 2 atom stereocenters. The average Bonchev–Trinajstić information content (AvgIpc) is 2.90. The Bertz CT molecular complexity index is 993. The molecule has 1 heterocycles. The van der Waals surface area contributed by atoms with Gasteiger partial charge in [-0.2, -0.15) is 0 Å². The lowest BCUT2D eigenvalue weighted by Crippen LogP contribution is -2.63. The number of ether oxygens (including phenoxy) is 2. The number of hydrogen-bond donors (Lipinski definition) is 1. The molecule has 0 saturated carbocycles. The number of hydrogen-bond acceptors (Lipinski definition) is 5. The Morgan fingerprint density at radius 3 is 1.82 bits per heavy atom. The molecule has 1 aliphatic heterocycles. The van der Waals surface area contributed by atoms with Gasteiger partial charge in [-0.3, -0.25) is 4.90 Å². The highest BCUT2D eigenvalue weighted by Gasteiger charge is 2.52. The van der Waals surface area contributed by atoms with Crippen molar-refractivity contribution in [3.8, 4) is 0 Å². The quantitative estimate of drug-likeness (QED) is 0.388. The second-order valence-corrected chi connectivity index (χ2v) is 8.38. The smallest absolute Gasteiger partial charge is 0.339 e. The van der Waals surface area contributed by atoms with E-state index in [0.29, 0.717) is 19.4 Å². The zero-order valence-corrected chi connectivity index (χ0v) is 19.2. The van der Waals surface area contributed by atoms with Gasteiger partial charge >= 0.3 is 5.97 Å². The van der Waals surface area contributed by atoms with Crippen molar-refractivity contribution in [2.24, 2.45) is 0 Å². The van der Waals surface area contributed by atoms with Crippen LogP contribution in [0.15, 0.2) is 91.0 Å². The molecule has 1 fully saturated rings. The Hall–Kier alpha value is -3.32.